The van der Waals surface area contributed by atoms with E-state index in [1.807, 2.05) is 0 Å². The van der Waals surface area contributed by atoms with Gasteiger partial charge in [-0.15, -0.1) is 5.10 Å². The highest BCUT2D eigenvalue weighted by Gasteiger charge is 2.18. The summed E-state index contributed by atoms with van der Waals surface area (Å²) < 4.78 is 8.18. The Balaban J connectivity index is 1.47. The van der Waals surface area contributed by atoms with Crippen molar-refractivity contribution in [3.8, 4) is 16.8 Å². The van der Waals surface area contributed by atoms with Gasteiger partial charge in [-0.3, -0.25) is 9.59 Å². The number of esters is 1. The van der Waals surface area contributed by atoms with Crippen molar-refractivity contribution in [2.75, 3.05) is 0 Å². The predicted molar refractivity (Wildman–Crippen MR) is 134 cm³/mol. The van der Waals surface area contributed by atoms with Gasteiger partial charge in [-0.05, 0) is 78.7 Å². The molecule has 0 saturated heterocycles. The molecule has 0 saturated carbocycles. The number of halogens is 1. The van der Waals surface area contributed by atoms with Crippen LogP contribution in [0.15, 0.2) is 71.9 Å². The number of nitrogens with zero attached hydrogens (tertiary/aromatic N) is 5. The standard InChI is InChI=1S/C26H24ClN5O4/c1-26(2,3)36-25(35)18-6-4-17(5-7-18)12-21(33)15-31-11-10-19(13-24(31)34)22-14-20(27)8-9-23(22)32-16-28-29-30-32/h4-11,13-14,16H,12,15H2,1-3H3. The number of ketones is 1. The highest BCUT2D eigenvalue weighted by molar-refractivity contribution is 6.31. The summed E-state index contributed by atoms with van der Waals surface area (Å²) in [5.41, 5.74) is 2.19. The molecule has 0 aliphatic carbocycles. The lowest BCUT2D eigenvalue weighted by Crippen LogP contribution is -2.24. The summed E-state index contributed by atoms with van der Waals surface area (Å²) in [6, 6.07) is 15.1. The van der Waals surface area contributed by atoms with Gasteiger partial charge in [-0.2, -0.15) is 4.68 Å². The van der Waals surface area contributed by atoms with E-state index < -0.39 is 11.6 Å². The molecular weight excluding hydrogens is 482 g/mol. The molecule has 2 heterocycles. The fourth-order valence-corrected chi connectivity index (χ4v) is 3.76. The summed E-state index contributed by atoms with van der Waals surface area (Å²) in [7, 11) is 0. The van der Waals surface area contributed by atoms with Crippen molar-refractivity contribution in [1.82, 2.24) is 24.8 Å². The third-order valence-electron chi connectivity index (χ3n) is 5.20. The highest BCUT2D eigenvalue weighted by Crippen LogP contribution is 2.28. The smallest absolute Gasteiger partial charge is 0.338 e. The van der Waals surface area contributed by atoms with Crippen LogP contribution in [0.2, 0.25) is 5.02 Å². The van der Waals surface area contributed by atoms with Crippen LogP contribution < -0.4 is 5.56 Å². The summed E-state index contributed by atoms with van der Waals surface area (Å²) >= 11 is 6.19. The normalized spacial score (nSPS) is 11.3. The number of benzene rings is 2. The van der Waals surface area contributed by atoms with Gasteiger partial charge in [0.2, 0.25) is 0 Å². The van der Waals surface area contributed by atoms with Crippen LogP contribution in [0.4, 0.5) is 0 Å². The van der Waals surface area contributed by atoms with E-state index in [1.54, 1.807) is 75.5 Å². The average molecular weight is 506 g/mol. The van der Waals surface area contributed by atoms with E-state index in [9.17, 15) is 14.4 Å². The molecule has 36 heavy (non-hydrogen) atoms. The Hall–Kier alpha value is -4.11. The van der Waals surface area contributed by atoms with Crippen molar-refractivity contribution >= 4 is 23.4 Å². The Morgan fingerprint density at radius 2 is 1.78 bits per heavy atom. The molecule has 0 fully saturated rings. The molecule has 0 amide bonds. The molecule has 0 unspecified atom stereocenters. The van der Waals surface area contributed by atoms with Gasteiger partial charge < -0.3 is 9.30 Å². The Morgan fingerprint density at radius 1 is 1.03 bits per heavy atom. The first kappa shape index (κ1) is 25.0. The fraction of sp³-hybridized carbons (Fsp3) is 0.231. The quantitative estimate of drug-likeness (QED) is 0.350. The summed E-state index contributed by atoms with van der Waals surface area (Å²) in [6.07, 6.45) is 3.15. The van der Waals surface area contributed by atoms with Gasteiger partial charge in [0.25, 0.3) is 5.56 Å². The molecule has 0 spiro atoms. The summed E-state index contributed by atoms with van der Waals surface area (Å²) in [4.78, 5) is 37.6. The number of rotatable bonds is 7. The Labute approximate surface area is 212 Å². The van der Waals surface area contributed by atoms with Crippen LogP contribution in [0.25, 0.3) is 16.8 Å². The second-order valence-electron chi connectivity index (χ2n) is 9.21. The molecule has 2 aromatic carbocycles. The highest BCUT2D eigenvalue weighted by atomic mass is 35.5. The third kappa shape index (κ3) is 6.11. The minimum absolute atomic E-state index is 0.0810. The lowest BCUT2D eigenvalue weighted by Gasteiger charge is -2.19. The molecule has 0 N–H and O–H groups in total. The number of aromatic nitrogens is 5. The molecule has 0 atom stereocenters. The molecule has 0 bridgehead atoms. The Bertz CT molecular complexity index is 1460. The SMILES string of the molecule is CC(C)(C)OC(=O)c1ccc(CC(=O)Cn2ccc(-c3cc(Cl)ccc3-n3cnnn3)cc2=O)cc1. The molecule has 4 aromatic rings. The maximum atomic E-state index is 12.8. The number of hydrogen-bond acceptors (Lipinski definition) is 7. The van der Waals surface area contributed by atoms with Gasteiger partial charge in [-0.25, -0.2) is 4.79 Å². The maximum absolute atomic E-state index is 12.8. The van der Waals surface area contributed by atoms with Crippen molar-refractivity contribution in [1.29, 1.82) is 0 Å². The molecule has 184 valence electrons. The van der Waals surface area contributed by atoms with Crippen LogP contribution >= 0.6 is 11.6 Å². The van der Waals surface area contributed by atoms with E-state index in [4.69, 9.17) is 16.3 Å². The zero-order valence-electron chi connectivity index (χ0n) is 20.0. The number of pyridine rings is 1. The first-order valence-electron chi connectivity index (χ1n) is 11.2. The monoisotopic (exact) mass is 505 g/mol. The lowest BCUT2D eigenvalue weighted by molar-refractivity contribution is -0.119. The summed E-state index contributed by atoms with van der Waals surface area (Å²) in [5, 5.41) is 11.7. The van der Waals surface area contributed by atoms with E-state index in [1.165, 1.54) is 21.6 Å². The Morgan fingerprint density at radius 3 is 2.42 bits per heavy atom. The minimum atomic E-state index is -0.587. The van der Waals surface area contributed by atoms with Gasteiger partial charge in [-0.1, -0.05) is 23.7 Å². The Kier molecular flexibility index (Phi) is 7.12. The van der Waals surface area contributed by atoms with E-state index in [0.29, 0.717) is 27.4 Å². The van der Waals surface area contributed by atoms with E-state index in [0.717, 1.165) is 5.56 Å². The third-order valence-corrected chi connectivity index (χ3v) is 5.43. The van der Waals surface area contributed by atoms with Crippen LogP contribution in [0.1, 0.15) is 36.7 Å². The van der Waals surface area contributed by atoms with Crippen LogP contribution in [0.5, 0.6) is 0 Å². The molecule has 9 nitrogen and oxygen atoms in total. The van der Waals surface area contributed by atoms with Gasteiger partial charge >= 0.3 is 5.97 Å². The minimum Gasteiger partial charge on any atom is -0.456 e. The summed E-state index contributed by atoms with van der Waals surface area (Å²) in [5.74, 6) is -0.568. The summed E-state index contributed by atoms with van der Waals surface area (Å²) in [6.45, 7) is 5.32. The predicted octanol–water partition coefficient (Wildman–Crippen LogP) is 3.91. The van der Waals surface area contributed by atoms with E-state index >= 15 is 0 Å². The number of Topliss-reactive ketones (excluding diaryl/α,β-unsaturated/α-hetero) is 1. The number of carbonyl (C=O) groups excluding carboxylic acids is 2. The molecule has 2 aromatic heterocycles. The number of hydrogen-bond donors (Lipinski definition) is 0. The van der Waals surface area contributed by atoms with Gasteiger partial charge in [0.1, 0.15) is 11.9 Å². The number of ether oxygens (including phenoxy) is 1. The second kappa shape index (κ2) is 10.2. The van der Waals surface area contributed by atoms with Crippen LogP contribution in [0, 0.1) is 0 Å². The first-order chi connectivity index (χ1) is 17.1. The second-order valence-corrected chi connectivity index (χ2v) is 9.65. The van der Waals surface area contributed by atoms with Crippen LogP contribution in [-0.4, -0.2) is 42.1 Å². The lowest BCUT2D eigenvalue weighted by atomic mass is 10.0. The molecule has 10 heteroatoms. The maximum Gasteiger partial charge on any atom is 0.338 e. The first-order valence-corrected chi connectivity index (χ1v) is 11.5. The largest absolute Gasteiger partial charge is 0.456 e. The molecule has 0 radical (unpaired) electrons. The molecule has 4 rings (SSSR count). The number of carbonyl (C=O) groups is 2. The van der Waals surface area contributed by atoms with Crippen molar-refractivity contribution < 1.29 is 14.3 Å². The van der Waals surface area contributed by atoms with Crippen LogP contribution in [0.3, 0.4) is 0 Å². The van der Waals surface area contributed by atoms with Crippen molar-refractivity contribution in [2.24, 2.45) is 0 Å². The van der Waals surface area contributed by atoms with E-state index in [2.05, 4.69) is 15.5 Å². The molecular formula is C26H24ClN5O4. The van der Waals surface area contributed by atoms with Crippen molar-refractivity contribution in [3.63, 3.8) is 0 Å². The fourth-order valence-electron chi connectivity index (χ4n) is 3.59. The number of tetrazole rings is 1. The van der Waals surface area contributed by atoms with Crippen LogP contribution in [-0.2, 0) is 22.5 Å². The topological polar surface area (TPSA) is 109 Å². The van der Waals surface area contributed by atoms with E-state index in [-0.39, 0.29) is 24.3 Å². The van der Waals surface area contributed by atoms with Crippen molar-refractivity contribution in [2.45, 2.75) is 39.3 Å². The molecule has 0 aliphatic heterocycles. The van der Waals surface area contributed by atoms with Crippen molar-refractivity contribution in [3.05, 3.63) is 93.6 Å². The van der Waals surface area contributed by atoms with Gasteiger partial charge in [0.05, 0.1) is 17.8 Å². The van der Waals surface area contributed by atoms with Gasteiger partial charge in [0, 0.05) is 29.3 Å². The van der Waals surface area contributed by atoms with Gasteiger partial charge in [0.15, 0.2) is 5.78 Å². The molecule has 0 aliphatic rings. The zero-order valence-corrected chi connectivity index (χ0v) is 20.8. The average Bonchev–Trinajstić information content (AvgIpc) is 3.34. The zero-order chi connectivity index (χ0) is 25.9.